The summed E-state index contributed by atoms with van der Waals surface area (Å²) in [4.78, 5) is 19.0. The summed E-state index contributed by atoms with van der Waals surface area (Å²) in [7, 11) is 1.86. The topological polar surface area (TPSA) is 61.9 Å². The zero-order valence-electron chi connectivity index (χ0n) is 13.3. The highest BCUT2D eigenvalue weighted by Gasteiger charge is 2.42. The number of amides is 1. The Hall–Kier alpha value is -1.83. The van der Waals surface area contributed by atoms with E-state index in [1.165, 1.54) is 0 Å². The van der Waals surface area contributed by atoms with Crippen molar-refractivity contribution in [3.05, 3.63) is 18.2 Å². The van der Waals surface area contributed by atoms with E-state index in [0.717, 1.165) is 63.9 Å². The van der Waals surface area contributed by atoms with Crippen molar-refractivity contribution in [3.63, 3.8) is 0 Å². The summed E-state index contributed by atoms with van der Waals surface area (Å²) in [5.41, 5.74) is -0.764. The van der Waals surface area contributed by atoms with Crippen molar-refractivity contribution in [2.75, 3.05) is 13.6 Å². The third kappa shape index (κ3) is 2.75. The zero-order valence-corrected chi connectivity index (χ0v) is 13.3. The van der Waals surface area contributed by atoms with Crippen LogP contribution in [0.5, 0.6) is 0 Å². The molecule has 1 saturated carbocycles. The molecule has 0 saturated heterocycles. The van der Waals surface area contributed by atoms with E-state index in [1.807, 2.05) is 19.4 Å². The summed E-state index contributed by atoms with van der Waals surface area (Å²) >= 11 is 0. The summed E-state index contributed by atoms with van der Waals surface area (Å²) in [6.07, 6.45) is 10.4. The first-order chi connectivity index (χ1) is 10.6. The number of aryl methyl sites for hydroxylation is 1. The normalized spacial score (nSPS) is 23.4. The van der Waals surface area contributed by atoms with Crippen LogP contribution in [-0.4, -0.2) is 34.0 Å². The van der Waals surface area contributed by atoms with Gasteiger partial charge in [-0.15, -0.1) is 0 Å². The van der Waals surface area contributed by atoms with Crippen molar-refractivity contribution in [3.8, 4) is 6.07 Å². The minimum Gasteiger partial charge on any atom is -0.344 e. The van der Waals surface area contributed by atoms with Gasteiger partial charge in [0.05, 0.1) is 6.07 Å². The quantitative estimate of drug-likeness (QED) is 0.861. The molecule has 1 fully saturated rings. The summed E-state index contributed by atoms with van der Waals surface area (Å²) in [6, 6.07) is 2.34. The molecule has 1 amide bonds. The van der Waals surface area contributed by atoms with Crippen molar-refractivity contribution in [1.82, 2.24) is 14.5 Å². The van der Waals surface area contributed by atoms with Crippen LogP contribution in [0.2, 0.25) is 0 Å². The Morgan fingerprint density at radius 2 is 2.27 bits per heavy atom. The average molecular weight is 300 g/mol. The highest BCUT2D eigenvalue weighted by atomic mass is 16.2. The average Bonchev–Trinajstić information content (AvgIpc) is 3.02. The lowest BCUT2D eigenvalue weighted by molar-refractivity contribution is -0.139. The third-order valence-corrected chi connectivity index (χ3v) is 5.26. The fraction of sp³-hybridized carbons (Fsp3) is 0.706. The van der Waals surface area contributed by atoms with Crippen molar-refractivity contribution in [2.24, 2.45) is 11.3 Å². The van der Waals surface area contributed by atoms with Gasteiger partial charge in [-0.3, -0.25) is 4.79 Å². The van der Waals surface area contributed by atoms with Crippen LogP contribution in [0.1, 0.15) is 44.3 Å². The third-order valence-electron chi connectivity index (χ3n) is 5.26. The smallest absolute Gasteiger partial charge is 0.242 e. The van der Waals surface area contributed by atoms with Gasteiger partial charge in [0.2, 0.25) is 5.91 Å². The largest absolute Gasteiger partial charge is 0.344 e. The summed E-state index contributed by atoms with van der Waals surface area (Å²) in [5.74, 6) is 1.59. The lowest BCUT2D eigenvalue weighted by Crippen LogP contribution is -2.45. The molecule has 22 heavy (non-hydrogen) atoms. The molecule has 5 nitrogen and oxygen atoms in total. The van der Waals surface area contributed by atoms with Gasteiger partial charge in [0.25, 0.3) is 0 Å². The van der Waals surface area contributed by atoms with Gasteiger partial charge in [-0.25, -0.2) is 4.98 Å². The second-order valence-electron chi connectivity index (χ2n) is 6.84. The van der Waals surface area contributed by atoms with Crippen LogP contribution in [0.25, 0.3) is 0 Å². The molecule has 0 bridgehead atoms. The maximum Gasteiger partial charge on any atom is 0.242 e. The van der Waals surface area contributed by atoms with E-state index in [4.69, 9.17) is 0 Å². The highest BCUT2D eigenvalue weighted by Crippen LogP contribution is 2.37. The first-order valence-electron chi connectivity index (χ1n) is 8.31. The van der Waals surface area contributed by atoms with E-state index < -0.39 is 5.41 Å². The highest BCUT2D eigenvalue weighted by molar-refractivity contribution is 5.85. The molecular weight excluding hydrogens is 276 g/mol. The maximum absolute atomic E-state index is 12.8. The summed E-state index contributed by atoms with van der Waals surface area (Å²) in [6.45, 7) is 1.71. The molecule has 1 aromatic heterocycles. The number of hydrogen-bond donors (Lipinski definition) is 0. The van der Waals surface area contributed by atoms with Gasteiger partial charge in [-0.2, -0.15) is 5.26 Å². The standard InChI is InChI=1S/C17H24N4O/c1-20(16(22)17(13-18)6-3-2-4-7-17)12-14-5-9-21-10-8-19-15(21)11-14/h8,10,14H,2-7,9,11-12H2,1H3. The van der Waals surface area contributed by atoms with Gasteiger partial charge in [0.15, 0.2) is 0 Å². The van der Waals surface area contributed by atoms with E-state index in [2.05, 4.69) is 15.6 Å². The molecule has 5 heteroatoms. The second kappa shape index (κ2) is 6.12. The van der Waals surface area contributed by atoms with Crippen molar-refractivity contribution in [1.29, 1.82) is 5.26 Å². The van der Waals surface area contributed by atoms with Crippen LogP contribution in [0, 0.1) is 22.7 Å². The number of nitriles is 1. The molecule has 118 valence electrons. The molecule has 1 unspecified atom stereocenters. The number of carbonyl (C=O) groups is 1. The van der Waals surface area contributed by atoms with Gasteiger partial charge in [0, 0.05) is 39.0 Å². The molecule has 1 aliphatic heterocycles. The second-order valence-corrected chi connectivity index (χ2v) is 6.84. The minimum absolute atomic E-state index is 0.0311. The van der Waals surface area contributed by atoms with E-state index in [1.54, 1.807) is 4.90 Å². The molecule has 0 spiro atoms. The van der Waals surface area contributed by atoms with Crippen molar-refractivity contribution in [2.45, 2.75) is 51.5 Å². The van der Waals surface area contributed by atoms with Gasteiger partial charge >= 0.3 is 0 Å². The van der Waals surface area contributed by atoms with Crippen LogP contribution in [0.15, 0.2) is 12.4 Å². The monoisotopic (exact) mass is 300 g/mol. The molecule has 2 heterocycles. The Balaban J connectivity index is 1.63. The fourth-order valence-corrected chi connectivity index (χ4v) is 3.94. The number of rotatable bonds is 3. The first kappa shape index (κ1) is 15.1. The lowest BCUT2D eigenvalue weighted by Gasteiger charge is -2.35. The molecule has 3 rings (SSSR count). The van der Waals surface area contributed by atoms with Gasteiger partial charge in [-0.1, -0.05) is 19.3 Å². The Bertz CT molecular complexity index is 580. The molecule has 0 aromatic carbocycles. The SMILES string of the molecule is CN(CC1CCn2ccnc2C1)C(=O)C1(C#N)CCCCC1. The number of fused-ring (bicyclic) bond motifs is 1. The number of nitrogens with zero attached hydrogens (tertiary/aromatic N) is 4. The fourth-order valence-electron chi connectivity index (χ4n) is 3.94. The molecular formula is C17H24N4O. The minimum atomic E-state index is -0.764. The Labute approximate surface area is 131 Å². The molecule has 1 aromatic rings. The van der Waals surface area contributed by atoms with E-state index in [0.29, 0.717) is 5.92 Å². The molecule has 1 atom stereocenters. The van der Waals surface area contributed by atoms with E-state index >= 15 is 0 Å². The predicted molar refractivity (Wildman–Crippen MR) is 82.8 cm³/mol. The van der Waals surface area contributed by atoms with Gasteiger partial charge in [0.1, 0.15) is 11.2 Å². The number of aromatic nitrogens is 2. The van der Waals surface area contributed by atoms with Crippen molar-refractivity contribution >= 4 is 5.91 Å². The van der Waals surface area contributed by atoms with Crippen molar-refractivity contribution < 1.29 is 4.79 Å². The van der Waals surface area contributed by atoms with Crippen LogP contribution in [-0.2, 0) is 17.8 Å². The number of carbonyl (C=O) groups excluding carboxylic acids is 1. The molecule has 0 N–H and O–H groups in total. The predicted octanol–water partition coefficient (Wildman–Crippen LogP) is 2.38. The zero-order chi connectivity index (χ0) is 15.6. The van der Waals surface area contributed by atoms with E-state index in [-0.39, 0.29) is 5.91 Å². The molecule has 1 aliphatic carbocycles. The summed E-state index contributed by atoms with van der Waals surface area (Å²) in [5, 5.41) is 9.56. The van der Waals surface area contributed by atoms with E-state index in [9.17, 15) is 10.1 Å². The first-order valence-corrected chi connectivity index (χ1v) is 8.31. The van der Waals surface area contributed by atoms with Gasteiger partial charge < -0.3 is 9.47 Å². The molecule has 2 aliphatic rings. The number of hydrogen-bond acceptors (Lipinski definition) is 3. The Kier molecular flexibility index (Phi) is 4.19. The van der Waals surface area contributed by atoms with Crippen LogP contribution < -0.4 is 0 Å². The number of imidazole rings is 1. The van der Waals surface area contributed by atoms with Crippen LogP contribution in [0.3, 0.4) is 0 Å². The van der Waals surface area contributed by atoms with Crippen LogP contribution in [0.4, 0.5) is 0 Å². The molecule has 0 radical (unpaired) electrons. The van der Waals surface area contributed by atoms with Crippen LogP contribution >= 0.6 is 0 Å². The lowest BCUT2D eigenvalue weighted by atomic mass is 9.74. The summed E-state index contributed by atoms with van der Waals surface area (Å²) < 4.78 is 2.19. The van der Waals surface area contributed by atoms with Gasteiger partial charge in [-0.05, 0) is 25.2 Å². The Morgan fingerprint density at radius 1 is 1.50 bits per heavy atom. The maximum atomic E-state index is 12.8. The Morgan fingerprint density at radius 3 is 3.00 bits per heavy atom.